The maximum absolute atomic E-state index is 8.98. The van der Waals surface area contributed by atoms with Crippen LogP contribution in [0.3, 0.4) is 0 Å². The zero-order valence-corrected chi connectivity index (χ0v) is 15.3. The average Bonchev–Trinajstić information content (AvgIpc) is 2.41. The first kappa shape index (κ1) is 18.0. The lowest BCUT2D eigenvalue weighted by Gasteiger charge is -2.14. The normalized spacial score (nSPS) is 12.4. The Kier molecular flexibility index (Phi) is 8.77. The molecule has 0 aliphatic heterocycles. The van der Waals surface area contributed by atoms with Gasteiger partial charge in [-0.15, -0.1) is 0 Å². The van der Waals surface area contributed by atoms with Crippen molar-refractivity contribution in [2.75, 3.05) is 19.8 Å². The highest BCUT2D eigenvalue weighted by Gasteiger charge is 2.09. The predicted molar refractivity (Wildman–Crippen MR) is 90.2 cm³/mol. The van der Waals surface area contributed by atoms with Gasteiger partial charge < -0.3 is 15.2 Å². The van der Waals surface area contributed by atoms with Crippen LogP contribution < -0.4 is 10.1 Å². The van der Waals surface area contributed by atoms with Crippen molar-refractivity contribution in [3.63, 3.8) is 0 Å². The maximum atomic E-state index is 8.98. The fourth-order valence-electron chi connectivity index (χ4n) is 1.94. The summed E-state index contributed by atoms with van der Waals surface area (Å²) in [4.78, 5) is 0. The largest absolute Gasteiger partial charge is 0.492 e. The van der Waals surface area contributed by atoms with E-state index in [1.165, 1.54) is 0 Å². The molecule has 3 nitrogen and oxygen atoms in total. The molecule has 1 aromatic rings. The van der Waals surface area contributed by atoms with Crippen LogP contribution in [0.15, 0.2) is 21.1 Å². The Morgan fingerprint density at radius 3 is 2.75 bits per heavy atom. The lowest BCUT2D eigenvalue weighted by molar-refractivity contribution is 0.228. The molecule has 0 heterocycles. The summed E-state index contributed by atoms with van der Waals surface area (Å²) < 4.78 is 7.71. The first-order valence-corrected chi connectivity index (χ1v) is 8.59. The highest BCUT2D eigenvalue weighted by atomic mass is 79.9. The zero-order valence-electron chi connectivity index (χ0n) is 12.1. The van der Waals surface area contributed by atoms with Crippen molar-refractivity contribution in [1.82, 2.24) is 5.32 Å². The minimum absolute atomic E-state index is 0.271. The van der Waals surface area contributed by atoms with Crippen molar-refractivity contribution < 1.29 is 9.84 Å². The third-order valence-electron chi connectivity index (χ3n) is 3.05. The Hall–Kier alpha value is -0.100. The van der Waals surface area contributed by atoms with Gasteiger partial charge in [-0.05, 0) is 60.3 Å². The molecule has 0 amide bonds. The van der Waals surface area contributed by atoms with Crippen molar-refractivity contribution in [2.45, 2.75) is 33.2 Å². The fourth-order valence-corrected chi connectivity index (χ4v) is 3.37. The number of rotatable bonds is 9. The van der Waals surface area contributed by atoms with Crippen LogP contribution in [0.5, 0.6) is 5.75 Å². The molecule has 0 saturated heterocycles. The molecule has 2 N–H and O–H groups in total. The number of hydrogen-bond donors (Lipinski definition) is 2. The Morgan fingerprint density at radius 2 is 2.10 bits per heavy atom. The van der Waals surface area contributed by atoms with Crippen LogP contribution in [-0.2, 0) is 6.54 Å². The van der Waals surface area contributed by atoms with E-state index < -0.39 is 0 Å². The van der Waals surface area contributed by atoms with E-state index in [0.717, 1.165) is 46.2 Å². The van der Waals surface area contributed by atoms with E-state index in [1.54, 1.807) is 0 Å². The first-order chi connectivity index (χ1) is 9.58. The van der Waals surface area contributed by atoms with Crippen LogP contribution in [0, 0.1) is 5.92 Å². The van der Waals surface area contributed by atoms with Crippen LogP contribution in [0.4, 0.5) is 0 Å². The second-order valence-electron chi connectivity index (χ2n) is 4.92. The second-order valence-corrected chi connectivity index (χ2v) is 6.69. The molecule has 0 saturated carbocycles. The van der Waals surface area contributed by atoms with Crippen molar-refractivity contribution in [3.8, 4) is 5.75 Å². The van der Waals surface area contributed by atoms with Gasteiger partial charge in [-0.3, -0.25) is 0 Å². The molecular weight excluding hydrogens is 386 g/mol. The zero-order chi connectivity index (χ0) is 15.0. The molecule has 0 radical (unpaired) electrons. The summed E-state index contributed by atoms with van der Waals surface area (Å²) in [5.41, 5.74) is 1.14. The molecule has 0 spiro atoms. The van der Waals surface area contributed by atoms with E-state index in [4.69, 9.17) is 9.84 Å². The van der Waals surface area contributed by atoms with Gasteiger partial charge in [-0.25, -0.2) is 0 Å². The van der Waals surface area contributed by atoms with Gasteiger partial charge in [0.2, 0.25) is 0 Å². The van der Waals surface area contributed by atoms with Crippen LogP contribution in [0.1, 0.15) is 32.3 Å². The molecule has 1 atom stereocenters. The van der Waals surface area contributed by atoms with Crippen molar-refractivity contribution in [1.29, 1.82) is 0 Å². The Balaban J connectivity index is 2.50. The molecule has 1 rings (SSSR count). The van der Waals surface area contributed by atoms with Crippen LogP contribution in [-0.4, -0.2) is 24.9 Å². The minimum Gasteiger partial charge on any atom is -0.492 e. The van der Waals surface area contributed by atoms with Crippen LogP contribution >= 0.6 is 31.9 Å². The third kappa shape index (κ3) is 6.12. The molecule has 0 aliphatic rings. The molecule has 1 unspecified atom stereocenters. The van der Waals surface area contributed by atoms with Crippen molar-refractivity contribution in [2.24, 2.45) is 5.92 Å². The Labute approximate surface area is 138 Å². The number of benzene rings is 1. The van der Waals surface area contributed by atoms with Gasteiger partial charge in [0, 0.05) is 23.2 Å². The molecule has 114 valence electrons. The molecule has 0 fully saturated rings. The summed E-state index contributed by atoms with van der Waals surface area (Å²) in [6, 6.07) is 4.08. The maximum Gasteiger partial charge on any atom is 0.138 e. The van der Waals surface area contributed by atoms with E-state index in [-0.39, 0.29) is 6.61 Å². The number of aliphatic hydroxyl groups is 1. The second kappa shape index (κ2) is 9.77. The monoisotopic (exact) mass is 407 g/mol. The summed E-state index contributed by atoms with van der Waals surface area (Å²) >= 11 is 7.05. The topological polar surface area (TPSA) is 41.5 Å². The number of halogens is 2. The van der Waals surface area contributed by atoms with Crippen LogP contribution in [0.2, 0.25) is 0 Å². The lowest BCUT2D eigenvalue weighted by Crippen LogP contribution is -2.17. The van der Waals surface area contributed by atoms with Gasteiger partial charge in [-0.1, -0.05) is 22.9 Å². The lowest BCUT2D eigenvalue weighted by atomic mass is 10.1. The number of aliphatic hydroxyl groups excluding tert-OH is 1. The van der Waals surface area contributed by atoms with E-state index in [9.17, 15) is 0 Å². The summed E-state index contributed by atoms with van der Waals surface area (Å²) in [5, 5.41) is 12.4. The number of nitrogens with one attached hydrogen (secondary N) is 1. The SMILES string of the molecule is CCOc1c(Br)cc(Br)cc1CNCCCC(C)CO. The molecule has 0 aromatic heterocycles. The molecule has 1 aromatic carbocycles. The van der Waals surface area contributed by atoms with Gasteiger partial charge in [-0.2, -0.15) is 0 Å². The number of hydrogen-bond acceptors (Lipinski definition) is 3. The molecular formula is C15H23Br2NO2. The third-order valence-corrected chi connectivity index (χ3v) is 4.10. The molecule has 0 bridgehead atoms. The average molecular weight is 409 g/mol. The molecule has 20 heavy (non-hydrogen) atoms. The standard InChI is InChI=1S/C15H23Br2NO2/c1-3-20-15-12(7-13(16)8-14(15)17)9-18-6-4-5-11(2)10-19/h7-8,11,18-19H,3-6,9-10H2,1-2H3. The fraction of sp³-hybridized carbons (Fsp3) is 0.600. The Bertz CT molecular complexity index is 413. The highest BCUT2D eigenvalue weighted by Crippen LogP contribution is 2.32. The summed E-state index contributed by atoms with van der Waals surface area (Å²) in [6.07, 6.45) is 2.12. The summed E-state index contributed by atoms with van der Waals surface area (Å²) in [5.74, 6) is 1.29. The van der Waals surface area contributed by atoms with E-state index in [1.807, 2.05) is 13.0 Å². The van der Waals surface area contributed by atoms with Gasteiger partial charge in [0.25, 0.3) is 0 Å². The van der Waals surface area contributed by atoms with Gasteiger partial charge in [0.15, 0.2) is 0 Å². The number of ether oxygens (including phenoxy) is 1. The van der Waals surface area contributed by atoms with E-state index in [0.29, 0.717) is 12.5 Å². The molecule has 0 aliphatic carbocycles. The van der Waals surface area contributed by atoms with Gasteiger partial charge >= 0.3 is 0 Å². The summed E-state index contributed by atoms with van der Waals surface area (Å²) in [7, 11) is 0. The quantitative estimate of drug-likeness (QED) is 0.604. The predicted octanol–water partition coefficient (Wildman–Crippen LogP) is 4.11. The summed E-state index contributed by atoms with van der Waals surface area (Å²) in [6.45, 7) is 6.70. The molecule has 5 heteroatoms. The first-order valence-electron chi connectivity index (χ1n) is 7.00. The van der Waals surface area contributed by atoms with E-state index >= 15 is 0 Å². The van der Waals surface area contributed by atoms with E-state index in [2.05, 4.69) is 50.2 Å². The van der Waals surface area contributed by atoms with Crippen molar-refractivity contribution in [3.05, 3.63) is 26.6 Å². The van der Waals surface area contributed by atoms with Gasteiger partial charge in [0.1, 0.15) is 5.75 Å². The highest BCUT2D eigenvalue weighted by molar-refractivity contribution is 9.11. The van der Waals surface area contributed by atoms with Gasteiger partial charge in [0.05, 0.1) is 11.1 Å². The van der Waals surface area contributed by atoms with Crippen LogP contribution in [0.25, 0.3) is 0 Å². The van der Waals surface area contributed by atoms with Crippen molar-refractivity contribution >= 4 is 31.9 Å². The Morgan fingerprint density at radius 1 is 1.35 bits per heavy atom. The minimum atomic E-state index is 0.271. The smallest absolute Gasteiger partial charge is 0.138 e.